The molecule has 1 aliphatic heterocycles. The molecule has 0 bridgehead atoms. The van der Waals surface area contributed by atoms with Gasteiger partial charge in [-0.25, -0.2) is 0 Å². The van der Waals surface area contributed by atoms with Crippen LogP contribution in [-0.2, 0) is 4.74 Å². The zero-order valence-corrected chi connectivity index (χ0v) is 8.40. The molecule has 0 aromatic heterocycles. The Morgan fingerprint density at radius 2 is 2.50 bits per heavy atom. The highest BCUT2D eigenvalue weighted by molar-refractivity contribution is 7.80. The number of hydrogen-bond donors (Lipinski definition) is 0. The van der Waals surface area contributed by atoms with Crippen LogP contribution in [0.4, 0.5) is 0 Å². The lowest BCUT2D eigenvalue weighted by Gasteiger charge is -2.23. The van der Waals surface area contributed by atoms with Gasteiger partial charge in [0.2, 0.25) is 0 Å². The van der Waals surface area contributed by atoms with Crippen LogP contribution < -0.4 is 0 Å². The lowest BCUT2D eigenvalue weighted by Crippen LogP contribution is -2.21. The molecule has 0 aromatic rings. The van der Waals surface area contributed by atoms with Crippen molar-refractivity contribution >= 4 is 17.3 Å². The van der Waals surface area contributed by atoms with Crippen LogP contribution in [0.2, 0.25) is 0 Å². The van der Waals surface area contributed by atoms with Gasteiger partial charge in [0.25, 0.3) is 0 Å². The highest BCUT2D eigenvalue weighted by Gasteiger charge is 2.16. The van der Waals surface area contributed by atoms with E-state index in [1.807, 2.05) is 6.92 Å². The molecule has 0 spiro atoms. The van der Waals surface area contributed by atoms with Crippen LogP contribution in [0.1, 0.15) is 39.0 Å². The molecule has 1 saturated heterocycles. The van der Waals surface area contributed by atoms with E-state index in [0.717, 1.165) is 24.3 Å². The van der Waals surface area contributed by atoms with E-state index in [4.69, 9.17) is 17.0 Å². The average Bonchev–Trinajstić information content (AvgIpc) is 2.05. The molecule has 12 heavy (non-hydrogen) atoms. The quantitative estimate of drug-likeness (QED) is 0.492. The zero-order chi connectivity index (χ0) is 8.81. The molecule has 2 heteroatoms. The molecule has 0 aliphatic carbocycles. The van der Waals surface area contributed by atoms with Crippen molar-refractivity contribution in [2.24, 2.45) is 0 Å². The first kappa shape index (κ1) is 9.72. The molecule has 0 amide bonds. The minimum absolute atomic E-state index is 0.391. The van der Waals surface area contributed by atoms with Gasteiger partial charge in [-0.05, 0) is 44.8 Å². The van der Waals surface area contributed by atoms with Gasteiger partial charge in [-0.15, -0.1) is 0 Å². The molecule has 0 N–H and O–H groups in total. The summed E-state index contributed by atoms with van der Waals surface area (Å²) in [6.07, 6.45) is 10.3. The third-order valence-electron chi connectivity index (χ3n) is 2.10. The predicted octanol–water partition coefficient (Wildman–Crippen LogP) is 3.24. The zero-order valence-electron chi connectivity index (χ0n) is 7.58. The van der Waals surface area contributed by atoms with Gasteiger partial charge in [0.05, 0.1) is 6.10 Å². The maximum absolute atomic E-state index is 5.53. The summed E-state index contributed by atoms with van der Waals surface area (Å²) >= 11 is 5.02. The van der Waals surface area contributed by atoms with E-state index in [1.54, 1.807) is 0 Å². The summed E-state index contributed by atoms with van der Waals surface area (Å²) in [5.74, 6) is 0. The van der Waals surface area contributed by atoms with Crippen LogP contribution in [0, 0.1) is 0 Å². The van der Waals surface area contributed by atoms with Gasteiger partial charge >= 0.3 is 0 Å². The fourth-order valence-electron chi connectivity index (χ4n) is 1.43. The second-order valence-corrected chi connectivity index (χ2v) is 3.61. The minimum Gasteiger partial charge on any atom is -0.484 e. The fourth-order valence-corrected chi connectivity index (χ4v) is 1.71. The van der Waals surface area contributed by atoms with Crippen molar-refractivity contribution < 1.29 is 4.74 Å². The van der Waals surface area contributed by atoms with E-state index in [2.05, 4.69) is 12.2 Å². The van der Waals surface area contributed by atoms with Gasteiger partial charge in [0.1, 0.15) is 0 Å². The van der Waals surface area contributed by atoms with Crippen molar-refractivity contribution in [2.45, 2.75) is 45.1 Å². The molecule has 1 nitrogen and oxygen atoms in total. The van der Waals surface area contributed by atoms with Crippen molar-refractivity contribution in [3.8, 4) is 0 Å². The first-order valence-corrected chi connectivity index (χ1v) is 5.04. The molecule has 68 valence electrons. The molecule has 1 unspecified atom stereocenters. The van der Waals surface area contributed by atoms with Crippen LogP contribution in [0.25, 0.3) is 0 Å². The first-order valence-electron chi connectivity index (χ1n) is 4.63. The maximum atomic E-state index is 5.53. The molecule has 1 aliphatic rings. The molecular weight excluding hydrogens is 168 g/mol. The van der Waals surface area contributed by atoms with Crippen LogP contribution in [-0.4, -0.2) is 11.2 Å². The van der Waals surface area contributed by atoms with Gasteiger partial charge in [0, 0.05) is 6.42 Å². The summed E-state index contributed by atoms with van der Waals surface area (Å²) in [5, 5.41) is 0.812. The lowest BCUT2D eigenvalue weighted by atomic mass is 10.0. The van der Waals surface area contributed by atoms with Crippen molar-refractivity contribution in [1.82, 2.24) is 0 Å². The normalized spacial score (nSPS) is 24.4. The Morgan fingerprint density at radius 1 is 1.67 bits per heavy atom. The summed E-state index contributed by atoms with van der Waals surface area (Å²) in [6.45, 7) is 2.05. The van der Waals surface area contributed by atoms with Gasteiger partial charge in [-0.1, -0.05) is 12.2 Å². The molecule has 0 radical (unpaired) electrons. The summed E-state index contributed by atoms with van der Waals surface area (Å²) in [5.41, 5.74) is 0. The molecule has 1 fully saturated rings. The number of rotatable bonds is 3. The van der Waals surface area contributed by atoms with Crippen LogP contribution in [0.5, 0.6) is 0 Å². The second kappa shape index (κ2) is 5.31. The molecular formula is C10H16OS. The monoisotopic (exact) mass is 184 g/mol. The summed E-state index contributed by atoms with van der Waals surface area (Å²) in [7, 11) is 0. The number of ether oxygens (including phenoxy) is 1. The van der Waals surface area contributed by atoms with Crippen LogP contribution in [0.15, 0.2) is 12.2 Å². The van der Waals surface area contributed by atoms with E-state index in [-0.39, 0.29) is 0 Å². The Morgan fingerprint density at radius 3 is 3.17 bits per heavy atom. The fraction of sp³-hybridized carbons (Fsp3) is 0.700. The van der Waals surface area contributed by atoms with Gasteiger partial charge in [-0.3, -0.25) is 0 Å². The largest absolute Gasteiger partial charge is 0.484 e. The summed E-state index contributed by atoms with van der Waals surface area (Å²) in [6, 6.07) is 0. The standard InChI is InChI=1S/C10H16OS/c1-2-3-4-6-9-7-5-8-10(12)11-9/h2-3,9H,4-8H2,1H3/b3-2+. The van der Waals surface area contributed by atoms with Crippen molar-refractivity contribution in [3.63, 3.8) is 0 Å². The topological polar surface area (TPSA) is 9.23 Å². The molecule has 1 heterocycles. The Labute approximate surface area is 79.8 Å². The van der Waals surface area contributed by atoms with Crippen molar-refractivity contribution in [2.75, 3.05) is 0 Å². The third kappa shape index (κ3) is 3.35. The Kier molecular flexibility index (Phi) is 4.30. The van der Waals surface area contributed by atoms with Gasteiger partial charge in [0.15, 0.2) is 5.05 Å². The molecule has 0 aromatic carbocycles. The maximum Gasteiger partial charge on any atom is 0.160 e. The Bertz CT molecular complexity index is 175. The van der Waals surface area contributed by atoms with E-state index in [0.29, 0.717) is 6.10 Å². The summed E-state index contributed by atoms with van der Waals surface area (Å²) in [4.78, 5) is 0. The smallest absolute Gasteiger partial charge is 0.160 e. The van der Waals surface area contributed by atoms with E-state index >= 15 is 0 Å². The second-order valence-electron chi connectivity index (χ2n) is 3.15. The van der Waals surface area contributed by atoms with Crippen molar-refractivity contribution in [1.29, 1.82) is 0 Å². The average molecular weight is 184 g/mol. The lowest BCUT2D eigenvalue weighted by molar-refractivity contribution is 0.147. The molecule has 0 saturated carbocycles. The number of hydrogen-bond acceptors (Lipinski definition) is 2. The third-order valence-corrected chi connectivity index (χ3v) is 2.40. The molecule has 1 rings (SSSR count). The first-order chi connectivity index (χ1) is 5.83. The van der Waals surface area contributed by atoms with Crippen LogP contribution in [0.3, 0.4) is 0 Å². The van der Waals surface area contributed by atoms with Crippen molar-refractivity contribution in [3.05, 3.63) is 12.2 Å². The highest BCUT2D eigenvalue weighted by atomic mass is 32.1. The predicted molar refractivity (Wildman–Crippen MR) is 55.4 cm³/mol. The minimum atomic E-state index is 0.391. The summed E-state index contributed by atoms with van der Waals surface area (Å²) < 4.78 is 5.53. The van der Waals surface area contributed by atoms with Gasteiger partial charge in [-0.2, -0.15) is 0 Å². The van der Waals surface area contributed by atoms with Gasteiger partial charge < -0.3 is 4.74 Å². The number of allylic oxidation sites excluding steroid dienone is 2. The van der Waals surface area contributed by atoms with E-state index in [9.17, 15) is 0 Å². The molecule has 1 atom stereocenters. The Balaban J connectivity index is 2.18. The SMILES string of the molecule is C/C=C/CCC1CCCC(=S)O1. The van der Waals surface area contributed by atoms with E-state index in [1.165, 1.54) is 12.8 Å². The highest BCUT2D eigenvalue weighted by Crippen LogP contribution is 2.19. The Hall–Kier alpha value is -0.370. The number of thiocarbonyl (C=S) groups is 1. The van der Waals surface area contributed by atoms with E-state index < -0.39 is 0 Å². The van der Waals surface area contributed by atoms with Crippen LogP contribution >= 0.6 is 12.2 Å².